The zero-order valence-corrected chi connectivity index (χ0v) is 22.0. The molecular formula is C28H30N2O5S. The molecule has 0 bridgehead atoms. The fraction of sp³-hybridized carbons (Fsp3) is 0.357. The number of carbonyl (C=O) groups excluding carboxylic acids is 1. The second-order valence-electron chi connectivity index (χ2n) is 9.17. The lowest BCUT2D eigenvalue weighted by atomic mass is 9.95. The lowest BCUT2D eigenvalue weighted by Gasteiger charge is -2.15. The number of ether oxygens (including phenoxy) is 1. The molecule has 8 heteroatoms. The van der Waals surface area contributed by atoms with Crippen LogP contribution in [0.4, 0.5) is 0 Å². The van der Waals surface area contributed by atoms with Crippen molar-refractivity contribution in [2.45, 2.75) is 63.9 Å². The van der Waals surface area contributed by atoms with Crippen LogP contribution in [0.15, 0.2) is 55.6 Å². The number of rotatable bonds is 8. The van der Waals surface area contributed by atoms with Crippen molar-refractivity contribution in [3.63, 3.8) is 0 Å². The van der Waals surface area contributed by atoms with E-state index in [1.165, 1.54) is 30.5 Å². The molecule has 0 fully saturated rings. The molecule has 0 saturated carbocycles. The Bertz CT molecular complexity index is 1570. The molecule has 0 aliphatic carbocycles. The van der Waals surface area contributed by atoms with Crippen LogP contribution in [0.5, 0.6) is 0 Å². The Labute approximate surface area is 213 Å². The standard InChI is InChI=1S/C28H30N2O5S/c1-6-7-10-30-26(32)20-9-8-18(27(33)34-5)12-23(20)29-28(30)36-15-19-13-25(31)35-24-11-17(4)21(16(2)3)14-22(19)24/h8-9,11-14,16H,6-7,10,15H2,1-5H3. The highest BCUT2D eigenvalue weighted by molar-refractivity contribution is 7.98. The average molecular weight is 507 g/mol. The number of thioether (sulfide) groups is 1. The van der Waals surface area contributed by atoms with Crippen LogP contribution >= 0.6 is 11.8 Å². The van der Waals surface area contributed by atoms with Crippen molar-refractivity contribution in [3.05, 3.63) is 79.4 Å². The fourth-order valence-corrected chi connectivity index (χ4v) is 5.36. The normalized spacial score (nSPS) is 11.5. The Morgan fingerprint density at radius 2 is 1.92 bits per heavy atom. The van der Waals surface area contributed by atoms with E-state index in [2.05, 4.69) is 26.8 Å². The molecule has 0 N–H and O–H groups in total. The van der Waals surface area contributed by atoms with Crippen LogP contribution in [0.25, 0.3) is 21.9 Å². The summed E-state index contributed by atoms with van der Waals surface area (Å²) in [7, 11) is 1.32. The minimum Gasteiger partial charge on any atom is -0.465 e. The first kappa shape index (κ1) is 25.7. The summed E-state index contributed by atoms with van der Waals surface area (Å²) in [5.74, 6) is 0.276. The van der Waals surface area contributed by atoms with E-state index in [-0.39, 0.29) is 5.56 Å². The topological polar surface area (TPSA) is 91.4 Å². The summed E-state index contributed by atoms with van der Waals surface area (Å²) in [6.07, 6.45) is 1.76. The van der Waals surface area contributed by atoms with Gasteiger partial charge in [-0.15, -0.1) is 0 Å². The third-order valence-electron chi connectivity index (χ3n) is 6.27. The number of methoxy groups -OCH3 is 1. The van der Waals surface area contributed by atoms with Crippen LogP contribution < -0.4 is 11.2 Å². The number of unbranched alkanes of at least 4 members (excludes halogenated alkanes) is 1. The number of fused-ring (bicyclic) bond motifs is 2. The first-order valence-electron chi connectivity index (χ1n) is 12.1. The first-order valence-corrected chi connectivity index (χ1v) is 13.0. The van der Waals surface area contributed by atoms with Crippen LogP contribution in [0.3, 0.4) is 0 Å². The van der Waals surface area contributed by atoms with E-state index >= 15 is 0 Å². The Kier molecular flexibility index (Phi) is 7.64. The molecule has 36 heavy (non-hydrogen) atoms. The molecule has 0 radical (unpaired) electrons. The van der Waals surface area contributed by atoms with E-state index in [9.17, 15) is 14.4 Å². The summed E-state index contributed by atoms with van der Waals surface area (Å²) in [5, 5.41) is 1.87. The van der Waals surface area contributed by atoms with Gasteiger partial charge in [-0.3, -0.25) is 9.36 Å². The molecule has 0 spiro atoms. The molecule has 188 valence electrons. The van der Waals surface area contributed by atoms with Crippen LogP contribution in [-0.2, 0) is 17.0 Å². The molecular weight excluding hydrogens is 476 g/mol. The molecule has 0 unspecified atom stereocenters. The number of benzene rings is 2. The van der Waals surface area contributed by atoms with Gasteiger partial charge in [-0.1, -0.05) is 39.0 Å². The third-order valence-corrected chi connectivity index (χ3v) is 7.30. The summed E-state index contributed by atoms with van der Waals surface area (Å²) in [5.41, 5.74) is 3.87. The van der Waals surface area contributed by atoms with E-state index in [0.29, 0.717) is 45.4 Å². The van der Waals surface area contributed by atoms with Crippen molar-refractivity contribution in [2.75, 3.05) is 7.11 Å². The van der Waals surface area contributed by atoms with Crippen LogP contribution in [0, 0.1) is 6.92 Å². The van der Waals surface area contributed by atoms with Crippen LogP contribution in [0.2, 0.25) is 0 Å². The van der Waals surface area contributed by atoms with E-state index in [1.807, 2.05) is 13.0 Å². The summed E-state index contributed by atoms with van der Waals surface area (Å²) >= 11 is 1.40. The average Bonchev–Trinajstić information content (AvgIpc) is 2.85. The van der Waals surface area contributed by atoms with E-state index in [4.69, 9.17) is 14.1 Å². The van der Waals surface area contributed by atoms with Gasteiger partial charge in [-0.05, 0) is 66.3 Å². The largest absolute Gasteiger partial charge is 0.465 e. The summed E-state index contributed by atoms with van der Waals surface area (Å²) in [4.78, 5) is 42.5. The zero-order valence-electron chi connectivity index (χ0n) is 21.2. The van der Waals surface area contributed by atoms with E-state index < -0.39 is 11.6 Å². The van der Waals surface area contributed by atoms with Gasteiger partial charge in [-0.25, -0.2) is 14.6 Å². The fourth-order valence-electron chi connectivity index (χ4n) is 4.34. The van der Waals surface area contributed by atoms with Crippen LogP contribution in [-0.4, -0.2) is 22.6 Å². The van der Waals surface area contributed by atoms with Crippen molar-refractivity contribution in [1.82, 2.24) is 9.55 Å². The number of hydrogen-bond donors (Lipinski definition) is 0. The molecule has 0 saturated heterocycles. The maximum Gasteiger partial charge on any atom is 0.337 e. The molecule has 2 heterocycles. The second kappa shape index (κ2) is 10.7. The minimum atomic E-state index is -0.484. The molecule has 2 aromatic heterocycles. The Morgan fingerprint density at radius 3 is 2.61 bits per heavy atom. The Balaban J connectivity index is 1.81. The first-order chi connectivity index (χ1) is 17.2. The van der Waals surface area contributed by atoms with Gasteiger partial charge >= 0.3 is 11.6 Å². The predicted molar refractivity (Wildman–Crippen MR) is 143 cm³/mol. The maximum atomic E-state index is 13.4. The molecule has 4 aromatic rings. The molecule has 0 aliphatic rings. The molecule has 0 aliphatic heterocycles. The van der Waals surface area contributed by atoms with E-state index in [0.717, 1.165) is 29.4 Å². The predicted octanol–water partition coefficient (Wildman–Crippen LogP) is 5.81. The van der Waals surface area contributed by atoms with Gasteiger partial charge in [0, 0.05) is 23.8 Å². The summed E-state index contributed by atoms with van der Waals surface area (Å²) in [6, 6.07) is 10.3. The van der Waals surface area contributed by atoms with Gasteiger partial charge < -0.3 is 9.15 Å². The minimum absolute atomic E-state index is 0.150. The van der Waals surface area contributed by atoms with Gasteiger partial charge in [0.25, 0.3) is 5.56 Å². The molecule has 0 atom stereocenters. The summed E-state index contributed by atoms with van der Waals surface area (Å²) < 4.78 is 12.0. The van der Waals surface area contributed by atoms with Gasteiger partial charge in [0.15, 0.2) is 5.16 Å². The van der Waals surface area contributed by atoms with Crippen molar-refractivity contribution >= 4 is 39.6 Å². The van der Waals surface area contributed by atoms with Crippen molar-refractivity contribution < 1.29 is 13.9 Å². The number of aryl methyl sites for hydroxylation is 1. The number of carbonyl (C=O) groups is 1. The molecule has 4 rings (SSSR count). The van der Waals surface area contributed by atoms with Gasteiger partial charge in [0.2, 0.25) is 0 Å². The molecule has 2 aromatic carbocycles. The highest BCUT2D eigenvalue weighted by atomic mass is 32.2. The lowest BCUT2D eigenvalue weighted by Crippen LogP contribution is -2.23. The summed E-state index contributed by atoms with van der Waals surface area (Å²) in [6.45, 7) is 8.89. The number of esters is 1. The smallest absolute Gasteiger partial charge is 0.337 e. The Hall–Kier alpha value is -3.39. The van der Waals surface area contributed by atoms with Crippen LogP contribution in [0.1, 0.15) is 66.6 Å². The molecule has 0 amide bonds. The number of aromatic nitrogens is 2. The Morgan fingerprint density at radius 1 is 1.14 bits per heavy atom. The lowest BCUT2D eigenvalue weighted by molar-refractivity contribution is 0.0601. The van der Waals surface area contributed by atoms with Crippen molar-refractivity contribution in [3.8, 4) is 0 Å². The highest BCUT2D eigenvalue weighted by Crippen LogP contribution is 2.30. The third kappa shape index (κ3) is 5.09. The molecule has 7 nitrogen and oxygen atoms in total. The van der Waals surface area contributed by atoms with Crippen molar-refractivity contribution in [2.24, 2.45) is 0 Å². The monoisotopic (exact) mass is 506 g/mol. The number of hydrogen-bond acceptors (Lipinski definition) is 7. The van der Waals surface area contributed by atoms with Gasteiger partial charge in [-0.2, -0.15) is 0 Å². The maximum absolute atomic E-state index is 13.4. The van der Waals surface area contributed by atoms with E-state index in [1.54, 1.807) is 22.8 Å². The van der Waals surface area contributed by atoms with Crippen molar-refractivity contribution in [1.29, 1.82) is 0 Å². The highest BCUT2D eigenvalue weighted by Gasteiger charge is 2.16. The van der Waals surface area contributed by atoms with Gasteiger partial charge in [0.05, 0.1) is 23.6 Å². The SMILES string of the molecule is CCCCn1c(SCc2cc(=O)oc3cc(C)c(C(C)C)cc23)nc2cc(C(=O)OC)ccc2c1=O. The second-order valence-corrected chi connectivity index (χ2v) is 10.1. The quantitative estimate of drug-likeness (QED) is 0.129. The zero-order chi connectivity index (χ0) is 26.0. The number of nitrogens with zero attached hydrogens (tertiary/aromatic N) is 2. The van der Waals surface area contributed by atoms with Gasteiger partial charge in [0.1, 0.15) is 5.58 Å².